The number of rotatable bonds is 7. The normalized spacial score (nSPS) is 22.1. The van der Waals surface area contributed by atoms with Gasteiger partial charge in [-0.3, -0.25) is 9.69 Å². The van der Waals surface area contributed by atoms with Gasteiger partial charge in [0.1, 0.15) is 0 Å². The largest absolute Gasteiger partial charge is 0.355 e. The van der Waals surface area contributed by atoms with E-state index in [1.165, 1.54) is 0 Å². The zero-order chi connectivity index (χ0) is 14.5. The molecule has 0 aromatic heterocycles. The van der Waals surface area contributed by atoms with E-state index in [1.807, 2.05) is 26.0 Å². The topological polar surface area (TPSA) is 69.7 Å². The standard InChI is InChI=1S/C12H25N3O3S/c1-14(2)7-4-6-13-12(16)9-15(3)11-5-8-19(17,18)10-11/h11H,4-10H2,1-3H3,(H,13,16). The van der Waals surface area contributed by atoms with Crippen LogP contribution in [0.25, 0.3) is 0 Å². The van der Waals surface area contributed by atoms with Crippen molar-refractivity contribution in [2.24, 2.45) is 0 Å². The lowest BCUT2D eigenvalue weighted by atomic mass is 10.2. The van der Waals surface area contributed by atoms with Crippen molar-refractivity contribution < 1.29 is 13.2 Å². The molecule has 1 aliphatic rings. The molecule has 0 saturated carbocycles. The summed E-state index contributed by atoms with van der Waals surface area (Å²) in [5, 5.41) is 2.86. The number of hydrogen-bond acceptors (Lipinski definition) is 5. The Hall–Kier alpha value is -0.660. The highest BCUT2D eigenvalue weighted by Gasteiger charge is 2.31. The Labute approximate surface area is 116 Å². The van der Waals surface area contributed by atoms with E-state index in [2.05, 4.69) is 10.2 Å². The summed E-state index contributed by atoms with van der Waals surface area (Å²) >= 11 is 0. The van der Waals surface area contributed by atoms with Gasteiger partial charge in [-0.15, -0.1) is 0 Å². The number of hydrogen-bond donors (Lipinski definition) is 1. The summed E-state index contributed by atoms with van der Waals surface area (Å²) in [6.07, 6.45) is 1.55. The summed E-state index contributed by atoms with van der Waals surface area (Å²) in [6.45, 7) is 1.87. The van der Waals surface area contributed by atoms with Gasteiger partial charge in [0.25, 0.3) is 0 Å². The second-order valence-electron chi connectivity index (χ2n) is 5.48. The molecule has 1 unspecified atom stereocenters. The predicted molar refractivity (Wildman–Crippen MR) is 75.9 cm³/mol. The van der Waals surface area contributed by atoms with Gasteiger partial charge in [-0.2, -0.15) is 0 Å². The van der Waals surface area contributed by atoms with Crippen LogP contribution in [0.2, 0.25) is 0 Å². The summed E-state index contributed by atoms with van der Waals surface area (Å²) < 4.78 is 22.7. The third-order valence-electron chi connectivity index (χ3n) is 3.33. The average Bonchev–Trinajstić information content (AvgIpc) is 2.65. The van der Waals surface area contributed by atoms with Crippen molar-refractivity contribution in [3.63, 3.8) is 0 Å². The summed E-state index contributed by atoms with van der Waals surface area (Å²) in [4.78, 5) is 15.6. The van der Waals surface area contributed by atoms with E-state index in [9.17, 15) is 13.2 Å². The highest BCUT2D eigenvalue weighted by Crippen LogP contribution is 2.15. The van der Waals surface area contributed by atoms with E-state index in [0.29, 0.717) is 13.0 Å². The first-order valence-electron chi connectivity index (χ1n) is 6.62. The van der Waals surface area contributed by atoms with Crippen molar-refractivity contribution in [1.29, 1.82) is 0 Å². The van der Waals surface area contributed by atoms with Crippen molar-refractivity contribution in [1.82, 2.24) is 15.1 Å². The van der Waals surface area contributed by atoms with E-state index in [-0.39, 0.29) is 30.0 Å². The number of sulfone groups is 1. The fourth-order valence-corrected chi connectivity index (χ4v) is 3.96. The molecule has 6 nitrogen and oxygen atoms in total. The van der Waals surface area contributed by atoms with Crippen LogP contribution in [0.4, 0.5) is 0 Å². The molecule has 1 heterocycles. The summed E-state index contributed by atoms with van der Waals surface area (Å²) in [5.74, 6) is 0.384. The zero-order valence-electron chi connectivity index (χ0n) is 12.1. The number of amides is 1. The molecule has 0 radical (unpaired) electrons. The maximum absolute atomic E-state index is 11.7. The predicted octanol–water partition coefficient (Wildman–Crippen LogP) is -0.827. The molecule has 1 rings (SSSR count). The van der Waals surface area contributed by atoms with Gasteiger partial charge in [0.05, 0.1) is 18.1 Å². The minimum absolute atomic E-state index is 0.0162. The first-order chi connectivity index (χ1) is 8.80. The first kappa shape index (κ1) is 16.4. The van der Waals surface area contributed by atoms with Crippen LogP contribution in [-0.4, -0.2) is 82.4 Å². The highest BCUT2D eigenvalue weighted by atomic mass is 32.2. The molecule has 7 heteroatoms. The lowest BCUT2D eigenvalue weighted by Gasteiger charge is -2.22. The summed E-state index contributed by atoms with van der Waals surface area (Å²) in [7, 11) is 2.92. The molecular weight excluding hydrogens is 266 g/mol. The molecule has 1 N–H and O–H groups in total. The van der Waals surface area contributed by atoms with Gasteiger partial charge in [0, 0.05) is 12.6 Å². The van der Waals surface area contributed by atoms with Crippen LogP contribution in [0.15, 0.2) is 0 Å². The maximum atomic E-state index is 11.7. The van der Waals surface area contributed by atoms with Gasteiger partial charge in [0.15, 0.2) is 9.84 Å². The van der Waals surface area contributed by atoms with Crippen LogP contribution >= 0.6 is 0 Å². The van der Waals surface area contributed by atoms with E-state index in [1.54, 1.807) is 0 Å². The second-order valence-corrected chi connectivity index (χ2v) is 7.71. The minimum atomic E-state index is -2.89. The Morgan fingerprint density at radius 1 is 1.32 bits per heavy atom. The number of likely N-dealkylation sites (N-methyl/N-ethyl adjacent to an activating group) is 1. The molecule has 112 valence electrons. The fraction of sp³-hybridized carbons (Fsp3) is 0.917. The van der Waals surface area contributed by atoms with Crippen LogP contribution in [-0.2, 0) is 14.6 Å². The lowest BCUT2D eigenvalue weighted by molar-refractivity contribution is -0.122. The molecular formula is C12H25N3O3S. The van der Waals surface area contributed by atoms with Crippen LogP contribution < -0.4 is 5.32 Å². The third kappa shape index (κ3) is 6.35. The molecule has 0 aromatic rings. The SMILES string of the molecule is CN(C)CCCNC(=O)CN(C)C1CCS(=O)(=O)C1. The Morgan fingerprint density at radius 3 is 2.53 bits per heavy atom. The monoisotopic (exact) mass is 291 g/mol. The Bertz CT molecular complexity index is 395. The van der Waals surface area contributed by atoms with Gasteiger partial charge in [0.2, 0.25) is 5.91 Å². The van der Waals surface area contributed by atoms with Gasteiger partial charge < -0.3 is 10.2 Å². The van der Waals surface area contributed by atoms with E-state index in [0.717, 1.165) is 13.0 Å². The van der Waals surface area contributed by atoms with Crippen molar-refractivity contribution in [2.75, 3.05) is 52.3 Å². The lowest BCUT2D eigenvalue weighted by Crippen LogP contribution is -2.41. The molecule has 0 aromatic carbocycles. The maximum Gasteiger partial charge on any atom is 0.234 e. The third-order valence-corrected chi connectivity index (χ3v) is 5.08. The molecule has 1 saturated heterocycles. The van der Waals surface area contributed by atoms with Crippen LogP contribution in [0.3, 0.4) is 0 Å². The summed E-state index contributed by atoms with van der Waals surface area (Å²) in [6, 6.07) is -0.0162. The Morgan fingerprint density at radius 2 is 2.00 bits per heavy atom. The fourth-order valence-electron chi connectivity index (χ4n) is 2.16. The van der Waals surface area contributed by atoms with Crippen LogP contribution in [0, 0.1) is 0 Å². The van der Waals surface area contributed by atoms with Gasteiger partial charge in [-0.1, -0.05) is 0 Å². The van der Waals surface area contributed by atoms with E-state index in [4.69, 9.17) is 0 Å². The van der Waals surface area contributed by atoms with Crippen molar-refractivity contribution in [3.8, 4) is 0 Å². The molecule has 0 bridgehead atoms. The molecule has 1 aliphatic heterocycles. The molecule has 1 amide bonds. The molecule has 1 atom stereocenters. The second kappa shape index (κ2) is 7.21. The molecule has 0 aliphatic carbocycles. The van der Waals surface area contributed by atoms with Gasteiger partial charge in [-0.05, 0) is 40.5 Å². The van der Waals surface area contributed by atoms with Crippen molar-refractivity contribution in [2.45, 2.75) is 18.9 Å². The van der Waals surface area contributed by atoms with Crippen molar-refractivity contribution >= 4 is 15.7 Å². The molecule has 1 fully saturated rings. The van der Waals surface area contributed by atoms with Crippen LogP contribution in [0.5, 0.6) is 0 Å². The number of carbonyl (C=O) groups excluding carboxylic acids is 1. The van der Waals surface area contributed by atoms with Crippen LogP contribution in [0.1, 0.15) is 12.8 Å². The van der Waals surface area contributed by atoms with E-state index < -0.39 is 9.84 Å². The number of carbonyl (C=O) groups is 1. The smallest absolute Gasteiger partial charge is 0.234 e. The first-order valence-corrected chi connectivity index (χ1v) is 8.44. The van der Waals surface area contributed by atoms with Gasteiger partial charge in [-0.25, -0.2) is 8.42 Å². The minimum Gasteiger partial charge on any atom is -0.355 e. The zero-order valence-corrected chi connectivity index (χ0v) is 12.9. The molecule has 0 spiro atoms. The Balaban J connectivity index is 2.21. The van der Waals surface area contributed by atoms with E-state index >= 15 is 0 Å². The Kier molecular flexibility index (Phi) is 6.22. The quantitative estimate of drug-likeness (QED) is 0.620. The number of nitrogens with zero attached hydrogens (tertiary/aromatic N) is 2. The highest BCUT2D eigenvalue weighted by molar-refractivity contribution is 7.91. The summed E-state index contributed by atoms with van der Waals surface area (Å²) in [5.41, 5.74) is 0. The van der Waals surface area contributed by atoms with Crippen molar-refractivity contribution in [3.05, 3.63) is 0 Å². The number of nitrogens with one attached hydrogen (secondary N) is 1. The average molecular weight is 291 g/mol. The van der Waals surface area contributed by atoms with Gasteiger partial charge >= 0.3 is 0 Å². The molecule has 19 heavy (non-hydrogen) atoms.